The average molecular weight is 218 g/mol. The van der Waals surface area contributed by atoms with Crippen LogP contribution in [0, 0.1) is 5.92 Å². The lowest BCUT2D eigenvalue weighted by atomic mass is 9.79. The van der Waals surface area contributed by atoms with Crippen LogP contribution in [0.1, 0.15) is 51.0 Å². The predicted molar refractivity (Wildman–Crippen MR) is 67.2 cm³/mol. The molecule has 2 rings (SSSR count). The largest absolute Gasteiger partial charge is 0.385 e. The van der Waals surface area contributed by atoms with Crippen molar-refractivity contribution in [3.8, 4) is 0 Å². The molecule has 1 aliphatic rings. The normalized spacial score (nSPS) is 31.8. The summed E-state index contributed by atoms with van der Waals surface area (Å²) in [5, 5.41) is 10.8. The molecule has 1 aromatic carbocycles. The van der Waals surface area contributed by atoms with E-state index >= 15 is 0 Å². The van der Waals surface area contributed by atoms with E-state index in [4.69, 9.17) is 0 Å². The van der Waals surface area contributed by atoms with Gasteiger partial charge in [0, 0.05) is 0 Å². The van der Waals surface area contributed by atoms with Crippen molar-refractivity contribution in [3.05, 3.63) is 35.9 Å². The lowest BCUT2D eigenvalue weighted by Gasteiger charge is -2.32. The summed E-state index contributed by atoms with van der Waals surface area (Å²) in [7, 11) is 0. The van der Waals surface area contributed by atoms with E-state index in [9.17, 15) is 5.11 Å². The Morgan fingerprint density at radius 3 is 2.56 bits per heavy atom. The Morgan fingerprint density at radius 2 is 1.81 bits per heavy atom. The molecule has 0 bridgehead atoms. The molecule has 1 aromatic rings. The van der Waals surface area contributed by atoms with Crippen LogP contribution in [0.2, 0.25) is 0 Å². The van der Waals surface area contributed by atoms with Gasteiger partial charge in [0.05, 0.1) is 5.60 Å². The maximum Gasteiger partial charge on any atom is 0.0896 e. The Labute approximate surface area is 98.5 Å². The lowest BCUT2D eigenvalue weighted by Crippen LogP contribution is -2.27. The van der Waals surface area contributed by atoms with Gasteiger partial charge in [-0.3, -0.25) is 0 Å². The molecule has 0 aliphatic heterocycles. The molecule has 1 saturated carbocycles. The Kier molecular flexibility index (Phi) is 3.65. The van der Waals surface area contributed by atoms with E-state index in [0.29, 0.717) is 0 Å². The van der Waals surface area contributed by atoms with Gasteiger partial charge < -0.3 is 5.11 Å². The van der Waals surface area contributed by atoms with Crippen LogP contribution in [-0.4, -0.2) is 5.11 Å². The van der Waals surface area contributed by atoms with Crippen LogP contribution < -0.4 is 0 Å². The molecule has 0 heterocycles. The zero-order valence-corrected chi connectivity index (χ0v) is 10.2. The molecular weight excluding hydrogens is 196 g/mol. The maximum absolute atomic E-state index is 10.8. The Hall–Kier alpha value is -0.820. The summed E-state index contributed by atoms with van der Waals surface area (Å²) in [4.78, 5) is 0. The van der Waals surface area contributed by atoms with E-state index in [-0.39, 0.29) is 0 Å². The van der Waals surface area contributed by atoms with Crippen LogP contribution in [0.4, 0.5) is 0 Å². The molecule has 16 heavy (non-hydrogen) atoms. The van der Waals surface area contributed by atoms with Gasteiger partial charge in [0.2, 0.25) is 0 Å². The second-order valence-corrected chi connectivity index (χ2v) is 5.29. The maximum atomic E-state index is 10.8. The molecule has 2 atom stereocenters. The molecule has 0 spiro atoms. The number of rotatable bonds is 1. The van der Waals surface area contributed by atoms with Gasteiger partial charge in [0.25, 0.3) is 0 Å². The molecule has 1 N–H and O–H groups in total. The van der Waals surface area contributed by atoms with Gasteiger partial charge in [0.15, 0.2) is 0 Å². The SMILES string of the molecule is CC1CCCCC(O)(c2ccccc2)CC1. The van der Waals surface area contributed by atoms with Gasteiger partial charge in [-0.2, -0.15) is 0 Å². The summed E-state index contributed by atoms with van der Waals surface area (Å²) < 4.78 is 0. The van der Waals surface area contributed by atoms with Crippen LogP contribution in [0.3, 0.4) is 0 Å². The van der Waals surface area contributed by atoms with Gasteiger partial charge in [-0.05, 0) is 30.7 Å². The Morgan fingerprint density at radius 1 is 1.06 bits per heavy atom. The van der Waals surface area contributed by atoms with E-state index in [1.807, 2.05) is 18.2 Å². The van der Waals surface area contributed by atoms with Crippen molar-refractivity contribution in [2.75, 3.05) is 0 Å². The first-order chi connectivity index (χ1) is 7.71. The zero-order valence-electron chi connectivity index (χ0n) is 10.2. The third kappa shape index (κ3) is 2.65. The van der Waals surface area contributed by atoms with E-state index < -0.39 is 5.60 Å². The van der Waals surface area contributed by atoms with Crippen LogP contribution >= 0.6 is 0 Å². The first-order valence-electron chi connectivity index (χ1n) is 6.49. The Bertz CT molecular complexity index is 319. The lowest BCUT2D eigenvalue weighted by molar-refractivity contribution is 0.00464. The highest BCUT2D eigenvalue weighted by atomic mass is 16.3. The van der Waals surface area contributed by atoms with E-state index in [1.165, 1.54) is 12.8 Å². The van der Waals surface area contributed by atoms with Crippen molar-refractivity contribution in [1.82, 2.24) is 0 Å². The van der Waals surface area contributed by atoms with Crippen LogP contribution in [-0.2, 0) is 5.60 Å². The molecular formula is C15H22O. The molecule has 1 heteroatoms. The van der Waals surface area contributed by atoms with E-state index in [0.717, 1.165) is 37.2 Å². The standard InChI is InChI=1S/C15H22O/c1-13-7-5-6-11-15(16,12-10-13)14-8-3-2-4-9-14/h2-4,8-9,13,16H,5-7,10-12H2,1H3. The Balaban J connectivity index is 2.15. The van der Waals surface area contributed by atoms with Gasteiger partial charge in [-0.25, -0.2) is 0 Å². The molecule has 0 saturated heterocycles. The summed E-state index contributed by atoms with van der Waals surface area (Å²) >= 11 is 0. The monoisotopic (exact) mass is 218 g/mol. The second-order valence-electron chi connectivity index (χ2n) is 5.29. The molecule has 88 valence electrons. The fraction of sp³-hybridized carbons (Fsp3) is 0.600. The van der Waals surface area contributed by atoms with Crippen LogP contribution in [0.25, 0.3) is 0 Å². The molecule has 0 aromatic heterocycles. The second kappa shape index (κ2) is 5.01. The molecule has 1 nitrogen and oxygen atoms in total. The third-order valence-electron chi connectivity index (χ3n) is 3.90. The average Bonchev–Trinajstić information content (AvgIpc) is 2.31. The predicted octanol–water partition coefficient (Wildman–Crippen LogP) is 3.86. The minimum Gasteiger partial charge on any atom is -0.385 e. The van der Waals surface area contributed by atoms with Crippen LogP contribution in [0.5, 0.6) is 0 Å². The summed E-state index contributed by atoms with van der Waals surface area (Å²) in [6, 6.07) is 10.2. The smallest absolute Gasteiger partial charge is 0.0896 e. The zero-order chi connectivity index (χ0) is 11.4. The van der Waals surface area contributed by atoms with Crippen molar-refractivity contribution < 1.29 is 5.11 Å². The summed E-state index contributed by atoms with van der Waals surface area (Å²) in [5.41, 5.74) is 0.528. The highest BCUT2D eigenvalue weighted by molar-refractivity contribution is 5.22. The summed E-state index contributed by atoms with van der Waals surface area (Å²) in [5.74, 6) is 0.760. The van der Waals surface area contributed by atoms with Gasteiger partial charge >= 0.3 is 0 Å². The topological polar surface area (TPSA) is 20.2 Å². The highest BCUT2D eigenvalue weighted by Crippen LogP contribution is 2.36. The fourth-order valence-corrected chi connectivity index (χ4v) is 2.70. The number of aliphatic hydroxyl groups is 1. The van der Waals surface area contributed by atoms with Crippen molar-refractivity contribution in [3.63, 3.8) is 0 Å². The van der Waals surface area contributed by atoms with Crippen molar-refractivity contribution in [1.29, 1.82) is 0 Å². The quantitative estimate of drug-likeness (QED) is 0.758. The summed E-state index contributed by atoms with van der Waals surface area (Å²) in [6.45, 7) is 2.30. The van der Waals surface area contributed by atoms with Crippen molar-refractivity contribution in [2.24, 2.45) is 5.92 Å². The number of hydrogen-bond donors (Lipinski definition) is 1. The number of hydrogen-bond acceptors (Lipinski definition) is 1. The van der Waals surface area contributed by atoms with Gasteiger partial charge in [0.1, 0.15) is 0 Å². The molecule has 2 unspecified atom stereocenters. The molecule has 1 fully saturated rings. The molecule has 1 aliphatic carbocycles. The molecule has 0 amide bonds. The first kappa shape index (κ1) is 11.7. The minimum atomic E-state index is -0.573. The summed E-state index contributed by atoms with van der Waals surface area (Å²) in [6.07, 6.45) is 6.71. The number of benzene rings is 1. The molecule has 0 radical (unpaired) electrons. The van der Waals surface area contributed by atoms with Crippen molar-refractivity contribution >= 4 is 0 Å². The van der Waals surface area contributed by atoms with E-state index in [2.05, 4.69) is 19.1 Å². The third-order valence-corrected chi connectivity index (χ3v) is 3.90. The van der Waals surface area contributed by atoms with Gasteiger partial charge in [-0.15, -0.1) is 0 Å². The fourth-order valence-electron chi connectivity index (χ4n) is 2.70. The van der Waals surface area contributed by atoms with E-state index in [1.54, 1.807) is 0 Å². The van der Waals surface area contributed by atoms with Crippen LogP contribution in [0.15, 0.2) is 30.3 Å². The van der Waals surface area contributed by atoms with Gasteiger partial charge in [-0.1, -0.05) is 56.5 Å². The minimum absolute atomic E-state index is 0.573. The highest BCUT2D eigenvalue weighted by Gasteiger charge is 2.30. The van der Waals surface area contributed by atoms with Crippen molar-refractivity contribution in [2.45, 2.75) is 51.0 Å². The first-order valence-corrected chi connectivity index (χ1v) is 6.49.